The van der Waals surface area contributed by atoms with Crippen LogP contribution in [0.15, 0.2) is 36.7 Å². The van der Waals surface area contributed by atoms with Gasteiger partial charge in [0.15, 0.2) is 11.0 Å². The molecule has 0 N–H and O–H groups in total. The van der Waals surface area contributed by atoms with Gasteiger partial charge >= 0.3 is 0 Å². The van der Waals surface area contributed by atoms with Crippen molar-refractivity contribution in [1.82, 2.24) is 4.57 Å². The van der Waals surface area contributed by atoms with Crippen LogP contribution in [0.1, 0.15) is 105 Å². The number of hydrogen-bond acceptors (Lipinski definition) is 0. The molecule has 0 fully saturated rings. The summed E-state index contributed by atoms with van der Waals surface area (Å²) >= 11 is 0. The molecule has 0 bridgehead atoms. The molecule has 0 radical (unpaired) electrons. The molecule has 1 heterocycles. The van der Waals surface area contributed by atoms with E-state index in [1.807, 2.05) is 0 Å². The summed E-state index contributed by atoms with van der Waals surface area (Å²) in [6.07, 6.45) is 2.27. The molecule has 2 nitrogen and oxygen atoms in total. The quantitative estimate of drug-likeness (QED) is 0.332. The van der Waals surface area contributed by atoms with Crippen LogP contribution in [0.4, 0.5) is 0 Å². The van der Waals surface area contributed by atoms with E-state index in [0.29, 0.717) is 0 Å². The van der Waals surface area contributed by atoms with Gasteiger partial charge in [0.2, 0.25) is 6.33 Å². The topological polar surface area (TPSA) is 8.81 Å². The molecule has 0 amide bonds. The third-order valence-corrected chi connectivity index (χ3v) is 12.3. The minimum atomic E-state index is 0.0989. The summed E-state index contributed by atoms with van der Waals surface area (Å²) in [6.45, 7) is 29.2. The second-order valence-corrected chi connectivity index (χ2v) is 14.5. The molecule has 5 rings (SSSR count). The Morgan fingerprint density at radius 3 is 1.53 bits per heavy atom. The van der Waals surface area contributed by atoms with Crippen LogP contribution in [-0.4, -0.2) is 4.57 Å². The van der Waals surface area contributed by atoms with Crippen molar-refractivity contribution in [2.24, 2.45) is 17.9 Å². The first-order valence-corrected chi connectivity index (χ1v) is 13.0. The normalized spacial score (nSPS) is 24.3. The largest absolute Gasteiger partial charge is 0.249 e. The van der Waals surface area contributed by atoms with E-state index < -0.39 is 0 Å². The number of rotatable bonds is 1. The maximum absolute atomic E-state index is 2.49. The molecule has 0 unspecified atom stereocenters. The van der Waals surface area contributed by atoms with Gasteiger partial charge in [0.25, 0.3) is 0 Å². The van der Waals surface area contributed by atoms with Crippen LogP contribution in [0.25, 0.3) is 16.7 Å². The summed E-state index contributed by atoms with van der Waals surface area (Å²) < 4.78 is 4.72. The van der Waals surface area contributed by atoms with Gasteiger partial charge in [-0.15, -0.1) is 0 Å². The average Bonchev–Trinajstić information content (AvgIpc) is 3.15. The van der Waals surface area contributed by atoms with Gasteiger partial charge in [0.1, 0.15) is 5.69 Å². The number of fused-ring (bicyclic) bond motifs is 3. The van der Waals surface area contributed by atoms with Crippen molar-refractivity contribution in [3.8, 4) is 5.69 Å². The Morgan fingerprint density at radius 1 is 0.559 bits per heavy atom. The second-order valence-electron chi connectivity index (χ2n) is 14.5. The Kier molecular flexibility index (Phi) is 4.30. The summed E-state index contributed by atoms with van der Waals surface area (Å²) in [5, 5.41) is 0. The van der Waals surface area contributed by atoms with Crippen LogP contribution in [0, 0.1) is 10.8 Å². The fourth-order valence-electron chi connectivity index (χ4n) is 7.24. The number of benzene rings is 2. The highest BCUT2D eigenvalue weighted by Crippen LogP contribution is 2.63. The molecule has 0 saturated carbocycles. The van der Waals surface area contributed by atoms with Crippen LogP contribution in [0.2, 0.25) is 0 Å². The Hall–Kier alpha value is -2.09. The van der Waals surface area contributed by atoms with E-state index >= 15 is 0 Å². The molecule has 34 heavy (non-hydrogen) atoms. The lowest BCUT2D eigenvalue weighted by Gasteiger charge is -2.44. The summed E-state index contributed by atoms with van der Waals surface area (Å²) in [5.74, 6) is 0. The molecular weight excluding hydrogens is 412 g/mol. The van der Waals surface area contributed by atoms with Gasteiger partial charge in [-0.05, 0) is 79.0 Å². The number of aromatic nitrogens is 2. The van der Waals surface area contributed by atoms with Gasteiger partial charge in [-0.2, -0.15) is 4.57 Å². The van der Waals surface area contributed by atoms with Gasteiger partial charge in [-0.1, -0.05) is 89.2 Å². The van der Waals surface area contributed by atoms with Crippen molar-refractivity contribution in [2.45, 2.75) is 105 Å². The maximum Gasteiger partial charge on any atom is 0.249 e. The minimum Gasteiger partial charge on any atom is -0.232 e. The Bertz CT molecular complexity index is 1360. The first kappa shape index (κ1) is 23.6. The van der Waals surface area contributed by atoms with Crippen molar-refractivity contribution in [3.05, 3.63) is 58.9 Å². The van der Waals surface area contributed by atoms with Gasteiger partial charge in [-0.25, -0.2) is 4.57 Å². The predicted octanol–water partition coefficient (Wildman–Crippen LogP) is 7.65. The van der Waals surface area contributed by atoms with Gasteiger partial charge < -0.3 is 0 Å². The Morgan fingerprint density at radius 2 is 1.00 bits per heavy atom. The van der Waals surface area contributed by atoms with Crippen molar-refractivity contribution in [1.29, 1.82) is 0 Å². The van der Waals surface area contributed by atoms with E-state index in [0.717, 1.165) is 0 Å². The number of imidazole rings is 1. The van der Waals surface area contributed by atoms with Crippen LogP contribution >= 0.6 is 0 Å². The number of hydrogen-bond donors (Lipinski definition) is 0. The molecular formula is C32H45N2+. The molecule has 2 heteroatoms. The third-order valence-electron chi connectivity index (χ3n) is 12.3. The Labute approximate surface area is 207 Å². The van der Waals surface area contributed by atoms with Crippen LogP contribution in [0.3, 0.4) is 0 Å². The smallest absolute Gasteiger partial charge is 0.232 e. The molecule has 0 saturated heterocycles. The first-order chi connectivity index (χ1) is 15.3. The average molecular weight is 458 g/mol. The van der Waals surface area contributed by atoms with Gasteiger partial charge in [0, 0.05) is 0 Å². The van der Waals surface area contributed by atoms with E-state index in [1.54, 1.807) is 0 Å². The van der Waals surface area contributed by atoms with Crippen molar-refractivity contribution < 1.29 is 4.57 Å². The fraction of sp³-hybridized carbons (Fsp3) is 0.594. The number of aryl methyl sites for hydroxylation is 1. The van der Waals surface area contributed by atoms with Crippen LogP contribution < -0.4 is 4.57 Å². The fourth-order valence-corrected chi connectivity index (χ4v) is 7.24. The third kappa shape index (κ3) is 2.36. The van der Waals surface area contributed by atoms with E-state index in [1.165, 1.54) is 39.0 Å². The molecule has 0 aliphatic heterocycles. The maximum atomic E-state index is 2.49. The first-order valence-electron chi connectivity index (χ1n) is 13.0. The number of nitrogens with zero attached hydrogens (tertiary/aromatic N) is 2. The minimum absolute atomic E-state index is 0.0989. The lowest BCUT2D eigenvalue weighted by atomic mass is 9.59. The van der Waals surface area contributed by atoms with E-state index in [2.05, 4.69) is 136 Å². The molecule has 3 aromatic rings. The molecule has 2 aliphatic rings. The lowest BCUT2D eigenvalue weighted by molar-refractivity contribution is -0.645. The summed E-state index contributed by atoms with van der Waals surface area (Å²) in [7, 11) is 2.19. The molecule has 182 valence electrons. The predicted molar refractivity (Wildman–Crippen MR) is 144 cm³/mol. The zero-order chi connectivity index (χ0) is 25.4. The summed E-state index contributed by atoms with van der Waals surface area (Å²) in [5.41, 5.74) is 10.7. The monoisotopic (exact) mass is 457 g/mol. The standard InChI is InChI=1S/C32H45N2/c1-27(2)21-15-14-20(16-22(21)28(3,4)31(27,9)10)34-19-33(13)25-17-23-24(18-26(25)34)30(7,8)32(11,12)29(23,5)6/h14-19H,1-13H3/q+1. The zero-order valence-corrected chi connectivity index (χ0v) is 23.9. The molecule has 2 aromatic carbocycles. The van der Waals surface area contributed by atoms with Gasteiger partial charge in [0.05, 0.1) is 7.05 Å². The van der Waals surface area contributed by atoms with Crippen molar-refractivity contribution in [2.75, 3.05) is 0 Å². The Balaban J connectivity index is 1.77. The molecule has 0 atom stereocenters. The molecule has 0 spiro atoms. The summed E-state index contributed by atoms with van der Waals surface area (Å²) in [6, 6.07) is 12.2. The van der Waals surface area contributed by atoms with Crippen molar-refractivity contribution in [3.63, 3.8) is 0 Å². The highest BCUT2D eigenvalue weighted by Gasteiger charge is 2.58. The zero-order valence-electron chi connectivity index (χ0n) is 23.9. The van der Waals surface area contributed by atoms with E-state index in [9.17, 15) is 0 Å². The van der Waals surface area contributed by atoms with Crippen LogP contribution in [0.5, 0.6) is 0 Å². The van der Waals surface area contributed by atoms with E-state index in [4.69, 9.17) is 0 Å². The molecule has 1 aromatic heterocycles. The van der Waals surface area contributed by atoms with E-state index in [-0.39, 0.29) is 32.5 Å². The second kappa shape index (κ2) is 6.18. The van der Waals surface area contributed by atoms with Gasteiger partial charge in [-0.3, -0.25) is 0 Å². The van der Waals surface area contributed by atoms with Crippen molar-refractivity contribution >= 4 is 11.0 Å². The molecule has 2 aliphatic carbocycles. The van der Waals surface area contributed by atoms with Crippen LogP contribution in [-0.2, 0) is 28.7 Å². The highest BCUT2D eigenvalue weighted by atomic mass is 15.1. The SMILES string of the molecule is C[n+]1cn(-c2ccc3c(c2)C(C)(C)C(C)(C)C3(C)C)c2cc3c(cc21)C(C)(C)C(C)(C)C3(C)C. The summed E-state index contributed by atoms with van der Waals surface area (Å²) in [4.78, 5) is 0. The lowest BCUT2D eigenvalue weighted by Crippen LogP contribution is -2.42. The highest BCUT2D eigenvalue weighted by molar-refractivity contribution is 5.79.